The van der Waals surface area contributed by atoms with Gasteiger partial charge in [0.2, 0.25) is 5.75 Å². The molecule has 1 heterocycles. The first-order chi connectivity index (χ1) is 7.50. The van der Waals surface area contributed by atoms with E-state index in [1.165, 1.54) is 0 Å². The molecule has 88 valence electrons. The Labute approximate surface area is 95.0 Å². The summed E-state index contributed by atoms with van der Waals surface area (Å²) in [5.41, 5.74) is 6.03. The number of hydrogen-bond acceptors (Lipinski definition) is 4. The van der Waals surface area contributed by atoms with E-state index in [4.69, 9.17) is 15.2 Å². The summed E-state index contributed by atoms with van der Waals surface area (Å²) >= 11 is 0. The normalized spacial score (nSPS) is 15.7. The summed E-state index contributed by atoms with van der Waals surface area (Å²) in [6.45, 7) is 4.84. The molecule has 0 amide bonds. The van der Waals surface area contributed by atoms with Crippen LogP contribution in [0.2, 0.25) is 0 Å². The Morgan fingerprint density at radius 1 is 1.25 bits per heavy atom. The van der Waals surface area contributed by atoms with Crippen molar-refractivity contribution in [1.29, 1.82) is 0 Å². The zero-order valence-corrected chi connectivity index (χ0v) is 9.62. The molecule has 0 saturated carbocycles. The fourth-order valence-electron chi connectivity index (χ4n) is 1.74. The third-order valence-electron chi connectivity index (χ3n) is 2.58. The molecule has 0 spiro atoms. The van der Waals surface area contributed by atoms with Crippen molar-refractivity contribution in [1.82, 2.24) is 0 Å². The van der Waals surface area contributed by atoms with Gasteiger partial charge in [0.05, 0.1) is 13.2 Å². The number of ether oxygens (including phenoxy) is 2. The summed E-state index contributed by atoms with van der Waals surface area (Å²) in [6, 6.07) is 3.58. The van der Waals surface area contributed by atoms with Gasteiger partial charge in [-0.15, -0.1) is 0 Å². The molecule has 0 fully saturated rings. The summed E-state index contributed by atoms with van der Waals surface area (Å²) in [7, 11) is 0. The molecule has 1 aliphatic heterocycles. The summed E-state index contributed by atoms with van der Waals surface area (Å²) < 4.78 is 11.0. The van der Waals surface area contributed by atoms with E-state index in [0.717, 1.165) is 6.42 Å². The second-order valence-electron chi connectivity index (χ2n) is 4.56. The minimum atomic E-state index is -0.602. The summed E-state index contributed by atoms with van der Waals surface area (Å²) in [4.78, 5) is 0. The second-order valence-corrected chi connectivity index (χ2v) is 4.56. The molecular weight excluding hydrogens is 206 g/mol. The highest BCUT2D eigenvalue weighted by Gasteiger charge is 2.24. The average Bonchev–Trinajstić information content (AvgIpc) is 2.41. The van der Waals surface area contributed by atoms with E-state index >= 15 is 0 Å². The zero-order valence-electron chi connectivity index (χ0n) is 9.62. The lowest BCUT2D eigenvalue weighted by Gasteiger charge is -2.22. The van der Waals surface area contributed by atoms with Gasteiger partial charge < -0.3 is 20.3 Å². The zero-order chi connectivity index (χ0) is 11.8. The van der Waals surface area contributed by atoms with E-state index in [1.54, 1.807) is 12.1 Å². The monoisotopic (exact) mass is 223 g/mol. The molecule has 1 aromatic rings. The standard InChI is InChI=1S/C12H17NO3/c1-12(2,13)8-4-5-9-11(10(8)14)16-7-3-6-15-9/h4-5,14H,3,6-7,13H2,1-2H3. The highest BCUT2D eigenvalue weighted by molar-refractivity contribution is 5.56. The fraction of sp³-hybridized carbons (Fsp3) is 0.500. The van der Waals surface area contributed by atoms with Gasteiger partial charge in [-0.25, -0.2) is 0 Å². The van der Waals surface area contributed by atoms with E-state index in [9.17, 15) is 5.11 Å². The van der Waals surface area contributed by atoms with Crippen LogP contribution in [0.15, 0.2) is 12.1 Å². The van der Waals surface area contributed by atoms with Crippen LogP contribution < -0.4 is 15.2 Å². The van der Waals surface area contributed by atoms with Crippen molar-refractivity contribution in [3.63, 3.8) is 0 Å². The lowest BCUT2D eigenvalue weighted by molar-refractivity contribution is 0.290. The Bertz CT molecular complexity index is 396. The number of benzene rings is 1. The maximum Gasteiger partial charge on any atom is 0.203 e. The van der Waals surface area contributed by atoms with Gasteiger partial charge >= 0.3 is 0 Å². The summed E-state index contributed by atoms with van der Waals surface area (Å²) in [6.07, 6.45) is 0.815. The van der Waals surface area contributed by atoms with Crippen LogP contribution in [-0.4, -0.2) is 18.3 Å². The van der Waals surface area contributed by atoms with E-state index in [1.807, 2.05) is 13.8 Å². The van der Waals surface area contributed by atoms with Gasteiger partial charge in [0.15, 0.2) is 11.5 Å². The molecule has 0 unspecified atom stereocenters. The molecule has 4 nitrogen and oxygen atoms in total. The number of aromatic hydroxyl groups is 1. The predicted octanol–water partition coefficient (Wildman–Crippen LogP) is 1.75. The number of phenols is 1. The Morgan fingerprint density at radius 3 is 2.62 bits per heavy atom. The van der Waals surface area contributed by atoms with E-state index in [-0.39, 0.29) is 5.75 Å². The van der Waals surface area contributed by atoms with Crippen LogP contribution in [0, 0.1) is 0 Å². The summed E-state index contributed by atoms with van der Waals surface area (Å²) in [5, 5.41) is 10.1. The van der Waals surface area contributed by atoms with E-state index < -0.39 is 5.54 Å². The van der Waals surface area contributed by atoms with Crippen molar-refractivity contribution < 1.29 is 14.6 Å². The maximum absolute atomic E-state index is 10.1. The van der Waals surface area contributed by atoms with Gasteiger partial charge in [-0.1, -0.05) is 0 Å². The van der Waals surface area contributed by atoms with Gasteiger partial charge in [-0.3, -0.25) is 0 Å². The smallest absolute Gasteiger partial charge is 0.203 e. The first-order valence-electron chi connectivity index (χ1n) is 5.41. The maximum atomic E-state index is 10.1. The lowest BCUT2D eigenvalue weighted by Crippen LogP contribution is -2.28. The van der Waals surface area contributed by atoms with Gasteiger partial charge in [0, 0.05) is 17.5 Å². The molecule has 0 atom stereocenters. The Balaban J connectivity index is 2.50. The molecule has 0 radical (unpaired) electrons. The molecule has 0 saturated heterocycles. The Hall–Kier alpha value is -1.42. The van der Waals surface area contributed by atoms with Crippen molar-refractivity contribution >= 4 is 0 Å². The van der Waals surface area contributed by atoms with Gasteiger partial charge in [-0.2, -0.15) is 0 Å². The van der Waals surface area contributed by atoms with E-state index in [0.29, 0.717) is 30.3 Å². The molecule has 0 aliphatic carbocycles. The molecular formula is C12H17NO3. The van der Waals surface area contributed by atoms with Crippen molar-refractivity contribution in [2.75, 3.05) is 13.2 Å². The van der Waals surface area contributed by atoms with Crippen LogP contribution in [0.4, 0.5) is 0 Å². The molecule has 0 aromatic heterocycles. The van der Waals surface area contributed by atoms with Crippen LogP contribution in [0.1, 0.15) is 25.8 Å². The SMILES string of the molecule is CC(C)(N)c1ccc2c(c1O)OCCCO2. The van der Waals surface area contributed by atoms with E-state index in [2.05, 4.69) is 0 Å². The third kappa shape index (κ3) is 1.93. The van der Waals surface area contributed by atoms with Crippen LogP contribution >= 0.6 is 0 Å². The van der Waals surface area contributed by atoms with Crippen molar-refractivity contribution in [3.05, 3.63) is 17.7 Å². The average molecular weight is 223 g/mol. The fourth-order valence-corrected chi connectivity index (χ4v) is 1.74. The first kappa shape index (κ1) is 11.1. The Kier molecular flexibility index (Phi) is 2.68. The quantitative estimate of drug-likeness (QED) is 0.761. The topological polar surface area (TPSA) is 64.7 Å². The molecule has 0 bridgehead atoms. The number of fused-ring (bicyclic) bond motifs is 1. The van der Waals surface area contributed by atoms with Gasteiger partial charge in [-0.05, 0) is 26.0 Å². The molecule has 3 N–H and O–H groups in total. The predicted molar refractivity (Wildman–Crippen MR) is 60.9 cm³/mol. The molecule has 1 aliphatic rings. The Morgan fingerprint density at radius 2 is 1.94 bits per heavy atom. The first-order valence-corrected chi connectivity index (χ1v) is 5.41. The largest absolute Gasteiger partial charge is 0.504 e. The molecule has 4 heteroatoms. The second kappa shape index (κ2) is 3.87. The third-order valence-corrected chi connectivity index (χ3v) is 2.58. The lowest BCUT2D eigenvalue weighted by atomic mass is 9.94. The van der Waals surface area contributed by atoms with Crippen molar-refractivity contribution in [2.45, 2.75) is 25.8 Å². The molecule has 1 aromatic carbocycles. The van der Waals surface area contributed by atoms with Crippen molar-refractivity contribution in [3.8, 4) is 17.2 Å². The highest BCUT2D eigenvalue weighted by atomic mass is 16.5. The number of rotatable bonds is 1. The van der Waals surface area contributed by atoms with Crippen LogP contribution in [-0.2, 0) is 5.54 Å². The minimum Gasteiger partial charge on any atom is -0.504 e. The summed E-state index contributed by atoms with van der Waals surface area (Å²) in [5.74, 6) is 1.09. The number of phenolic OH excluding ortho intramolecular Hbond substituents is 1. The van der Waals surface area contributed by atoms with Crippen LogP contribution in [0.3, 0.4) is 0 Å². The van der Waals surface area contributed by atoms with Crippen LogP contribution in [0.25, 0.3) is 0 Å². The molecule has 2 rings (SSSR count). The number of nitrogens with two attached hydrogens (primary N) is 1. The van der Waals surface area contributed by atoms with Gasteiger partial charge in [0.25, 0.3) is 0 Å². The van der Waals surface area contributed by atoms with Gasteiger partial charge in [0.1, 0.15) is 0 Å². The number of hydrogen-bond donors (Lipinski definition) is 2. The van der Waals surface area contributed by atoms with Crippen LogP contribution in [0.5, 0.6) is 17.2 Å². The highest BCUT2D eigenvalue weighted by Crippen LogP contribution is 2.43. The van der Waals surface area contributed by atoms with Crippen molar-refractivity contribution in [2.24, 2.45) is 5.73 Å². The molecule has 16 heavy (non-hydrogen) atoms. The minimum absolute atomic E-state index is 0.0897.